The summed E-state index contributed by atoms with van der Waals surface area (Å²) < 4.78 is 0. The third-order valence-electron chi connectivity index (χ3n) is 2.62. The zero-order valence-electron chi connectivity index (χ0n) is 8.32. The molecule has 1 saturated heterocycles. The van der Waals surface area contributed by atoms with Crippen molar-refractivity contribution in [3.8, 4) is 0 Å². The first-order valence-electron chi connectivity index (χ1n) is 5.00. The summed E-state index contributed by atoms with van der Waals surface area (Å²) in [7, 11) is 0. The summed E-state index contributed by atoms with van der Waals surface area (Å²) in [5, 5.41) is 0.551. The van der Waals surface area contributed by atoms with Gasteiger partial charge in [-0.15, -0.1) is 0 Å². The molecule has 14 heavy (non-hydrogen) atoms. The highest BCUT2D eigenvalue weighted by Gasteiger charge is 2.21. The molecule has 0 radical (unpaired) electrons. The van der Waals surface area contributed by atoms with Crippen molar-refractivity contribution >= 4 is 17.5 Å². The van der Waals surface area contributed by atoms with Gasteiger partial charge in [0.1, 0.15) is 0 Å². The molecule has 1 aliphatic heterocycles. The molecular weight excluding hydrogens is 192 g/mol. The van der Waals surface area contributed by atoms with Crippen molar-refractivity contribution < 1.29 is 4.79 Å². The Bertz CT molecular complexity index is 340. The Morgan fingerprint density at radius 1 is 1.43 bits per heavy atom. The second kappa shape index (κ2) is 4.18. The SMILES string of the molecule is CC(=O)c1ccccc1C1CCCS1. The monoisotopic (exact) mass is 206 g/mol. The molecule has 2 heteroatoms. The summed E-state index contributed by atoms with van der Waals surface area (Å²) in [5.74, 6) is 1.42. The second-order valence-corrected chi connectivity index (χ2v) is 4.96. The number of Topliss-reactive ketones (excluding diaryl/α,β-unsaturated/α-hetero) is 1. The lowest BCUT2D eigenvalue weighted by Crippen LogP contribution is -2.00. The highest BCUT2D eigenvalue weighted by Crippen LogP contribution is 2.41. The van der Waals surface area contributed by atoms with Crippen LogP contribution in [-0.2, 0) is 0 Å². The van der Waals surface area contributed by atoms with Crippen molar-refractivity contribution in [1.29, 1.82) is 0 Å². The average molecular weight is 206 g/mol. The van der Waals surface area contributed by atoms with Gasteiger partial charge in [-0.25, -0.2) is 0 Å². The van der Waals surface area contributed by atoms with Crippen LogP contribution in [0.4, 0.5) is 0 Å². The summed E-state index contributed by atoms with van der Waals surface area (Å²) in [6, 6.07) is 8.01. The van der Waals surface area contributed by atoms with E-state index in [4.69, 9.17) is 0 Å². The van der Waals surface area contributed by atoms with E-state index in [0.717, 1.165) is 5.56 Å². The van der Waals surface area contributed by atoms with Gasteiger partial charge in [0.2, 0.25) is 0 Å². The molecule has 1 unspecified atom stereocenters. The molecule has 1 nitrogen and oxygen atoms in total. The van der Waals surface area contributed by atoms with Crippen LogP contribution in [0.25, 0.3) is 0 Å². The van der Waals surface area contributed by atoms with Gasteiger partial charge in [0.25, 0.3) is 0 Å². The van der Waals surface area contributed by atoms with Gasteiger partial charge in [-0.3, -0.25) is 4.79 Å². The van der Waals surface area contributed by atoms with Crippen LogP contribution in [0.15, 0.2) is 24.3 Å². The standard InChI is InChI=1S/C12H14OS/c1-9(13)10-5-2-3-6-11(10)12-7-4-8-14-12/h2-3,5-6,12H,4,7-8H2,1H3. The van der Waals surface area contributed by atoms with Gasteiger partial charge >= 0.3 is 0 Å². The number of hydrogen-bond donors (Lipinski definition) is 0. The highest BCUT2D eigenvalue weighted by atomic mass is 32.2. The summed E-state index contributed by atoms with van der Waals surface area (Å²) in [6.07, 6.45) is 2.50. The Kier molecular flexibility index (Phi) is 2.92. The summed E-state index contributed by atoms with van der Waals surface area (Å²) in [6.45, 7) is 1.65. The number of carbonyl (C=O) groups excluding carboxylic acids is 1. The van der Waals surface area contributed by atoms with Crippen LogP contribution in [0.1, 0.15) is 40.9 Å². The molecule has 1 aromatic rings. The normalized spacial score (nSPS) is 21.1. The molecule has 0 aromatic heterocycles. The van der Waals surface area contributed by atoms with Crippen molar-refractivity contribution in [3.05, 3.63) is 35.4 Å². The van der Waals surface area contributed by atoms with E-state index in [-0.39, 0.29) is 5.78 Å². The molecule has 0 N–H and O–H groups in total. The van der Waals surface area contributed by atoms with Gasteiger partial charge in [0.15, 0.2) is 5.78 Å². The lowest BCUT2D eigenvalue weighted by Gasteiger charge is -2.12. The Morgan fingerprint density at radius 3 is 2.86 bits per heavy atom. The zero-order valence-corrected chi connectivity index (χ0v) is 9.14. The minimum absolute atomic E-state index is 0.188. The van der Waals surface area contributed by atoms with E-state index in [1.807, 2.05) is 30.0 Å². The fourth-order valence-corrected chi connectivity index (χ4v) is 3.26. The summed E-state index contributed by atoms with van der Waals surface area (Å²) in [5.41, 5.74) is 2.15. The third-order valence-corrected chi connectivity index (χ3v) is 4.03. The van der Waals surface area contributed by atoms with Crippen LogP contribution in [-0.4, -0.2) is 11.5 Å². The van der Waals surface area contributed by atoms with E-state index < -0.39 is 0 Å². The molecule has 1 aromatic carbocycles. The molecule has 1 heterocycles. The van der Waals surface area contributed by atoms with Gasteiger partial charge in [0, 0.05) is 10.8 Å². The molecule has 0 spiro atoms. The molecule has 0 saturated carbocycles. The Labute approximate surface area is 88.9 Å². The number of rotatable bonds is 2. The Balaban J connectivity index is 2.35. The van der Waals surface area contributed by atoms with Crippen LogP contribution >= 0.6 is 11.8 Å². The van der Waals surface area contributed by atoms with E-state index in [1.54, 1.807) is 6.92 Å². The minimum atomic E-state index is 0.188. The molecule has 2 rings (SSSR count). The van der Waals surface area contributed by atoms with Crippen molar-refractivity contribution in [1.82, 2.24) is 0 Å². The maximum Gasteiger partial charge on any atom is 0.160 e. The minimum Gasteiger partial charge on any atom is -0.295 e. The van der Waals surface area contributed by atoms with Gasteiger partial charge < -0.3 is 0 Å². The fourth-order valence-electron chi connectivity index (χ4n) is 1.92. The molecule has 1 atom stereocenters. The van der Waals surface area contributed by atoms with Crippen molar-refractivity contribution in [3.63, 3.8) is 0 Å². The third kappa shape index (κ3) is 1.85. The summed E-state index contributed by atoms with van der Waals surface area (Å²) >= 11 is 1.97. The maximum absolute atomic E-state index is 11.4. The Morgan fingerprint density at radius 2 is 2.21 bits per heavy atom. The fraction of sp³-hybridized carbons (Fsp3) is 0.417. The quantitative estimate of drug-likeness (QED) is 0.689. The molecule has 0 bridgehead atoms. The van der Waals surface area contributed by atoms with Gasteiger partial charge in [0.05, 0.1) is 0 Å². The first kappa shape index (κ1) is 9.78. The van der Waals surface area contributed by atoms with Crippen LogP contribution in [0.2, 0.25) is 0 Å². The lowest BCUT2D eigenvalue weighted by atomic mass is 9.99. The van der Waals surface area contributed by atoms with Gasteiger partial charge in [-0.1, -0.05) is 24.3 Å². The zero-order chi connectivity index (χ0) is 9.97. The lowest BCUT2D eigenvalue weighted by molar-refractivity contribution is 0.101. The van der Waals surface area contributed by atoms with Crippen molar-refractivity contribution in [2.75, 3.05) is 5.75 Å². The predicted octanol–water partition coefficient (Wildman–Crippen LogP) is 3.46. The molecule has 74 valence electrons. The first-order chi connectivity index (χ1) is 6.79. The van der Waals surface area contributed by atoms with Gasteiger partial charge in [-0.2, -0.15) is 11.8 Å². The number of ketones is 1. The smallest absolute Gasteiger partial charge is 0.160 e. The summed E-state index contributed by atoms with van der Waals surface area (Å²) in [4.78, 5) is 11.4. The van der Waals surface area contributed by atoms with Crippen LogP contribution in [0, 0.1) is 0 Å². The largest absolute Gasteiger partial charge is 0.295 e. The molecule has 1 fully saturated rings. The topological polar surface area (TPSA) is 17.1 Å². The van der Waals surface area contributed by atoms with Crippen molar-refractivity contribution in [2.45, 2.75) is 25.0 Å². The van der Waals surface area contributed by atoms with Gasteiger partial charge in [-0.05, 0) is 31.1 Å². The predicted molar refractivity (Wildman–Crippen MR) is 60.9 cm³/mol. The van der Waals surface area contributed by atoms with E-state index in [2.05, 4.69) is 6.07 Å². The highest BCUT2D eigenvalue weighted by molar-refractivity contribution is 7.99. The molecule has 0 aliphatic carbocycles. The van der Waals surface area contributed by atoms with Crippen molar-refractivity contribution in [2.24, 2.45) is 0 Å². The molecular formula is C12H14OS. The van der Waals surface area contributed by atoms with E-state index >= 15 is 0 Å². The van der Waals surface area contributed by atoms with E-state index in [9.17, 15) is 4.79 Å². The number of carbonyl (C=O) groups is 1. The van der Waals surface area contributed by atoms with E-state index in [0.29, 0.717) is 5.25 Å². The van der Waals surface area contributed by atoms with Crippen LogP contribution in [0.5, 0.6) is 0 Å². The van der Waals surface area contributed by atoms with Crippen LogP contribution in [0.3, 0.4) is 0 Å². The first-order valence-corrected chi connectivity index (χ1v) is 6.05. The van der Waals surface area contributed by atoms with Crippen LogP contribution < -0.4 is 0 Å². The maximum atomic E-state index is 11.4. The number of thioether (sulfide) groups is 1. The average Bonchev–Trinajstić information content (AvgIpc) is 2.70. The Hall–Kier alpha value is -0.760. The number of benzene rings is 1. The van der Waals surface area contributed by atoms with E-state index in [1.165, 1.54) is 24.2 Å². The second-order valence-electron chi connectivity index (χ2n) is 3.65. The number of hydrogen-bond acceptors (Lipinski definition) is 2. The molecule has 0 amide bonds. The molecule has 1 aliphatic rings.